The summed E-state index contributed by atoms with van der Waals surface area (Å²) in [4.78, 5) is 14.9. The van der Waals surface area contributed by atoms with Gasteiger partial charge in [0.2, 0.25) is 5.91 Å². The van der Waals surface area contributed by atoms with Gasteiger partial charge in [0.25, 0.3) is 0 Å². The third kappa shape index (κ3) is 2.05. The van der Waals surface area contributed by atoms with Crippen LogP contribution in [0.15, 0.2) is 6.33 Å². The molecular weight excluding hydrogens is 168 g/mol. The van der Waals surface area contributed by atoms with E-state index in [-0.39, 0.29) is 5.92 Å². The van der Waals surface area contributed by atoms with Gasteiger partial charge in [-0.15, -0.1) is 0 Å². The van der Waals surface area contributed by atoms with Gasteiger partial charge in [-0.2, -0.15) is 5.10 Å². The van der Waals surface area contributed by atoms with Crippen molar-refractivity contribution in [2.75, 3.05) is 0 Å². The van der Waals surface area contributed by atoms with Gasteiger partial charge in [-0.05, 0) is 6.92 Å². The summed E-state index contributed by atoms with van der Waals surface area (Å²) in [6.45, 7) is 5.68. The summed E-state index contributed by atoms with van der Waals surface area (Å²) in [5, 5.41) is 4.14. The molecule has 0 aliphatic carbocycles. The number of rotatable bonds is 3. The molecule has 0 saturated heterocycles. The van der Waals surface area contributed by atoms with E-state index in [1.165, 1.54) is 11.0 Å². The predicted octanol–water partition coefficient (Wildman–Crippen LogP) is 0.448. The van der Waals surface area contributed by atoms with Crippen LogP contribution in [0, 0.1) is 0 Å². The Morgan fingerprint density at radius 2 is 2.15 bits per heavy atom. The van der Waals surface area contributed by atoms with Gasteiger partial charge < -0.3 is 5.73 Å². The van der Waals surface area contributed by atoms with Crippen LogP contribution in [0.3, 0.4) is 0 Å². The third-order valence-corrected chi connectivity index (χ3v) is 1.85. The van der Waals surface area contributed by atoms with Crippen LogP contribution in [-0.4, -0.2) is 20.7 Å². The standard InChI is InChI=1S/C8H14N4O/c1-5(2)8-10-4-12(11-8)6(3)7(9)13/h4-6H,1-3H3,(H2,9,13). The van der Waals surface area contributed by atoms with Gasteiger partial charge >= 0.3 is 0 Å². The lowest BCUT2D eigenvalue weighted by molar-refractivity contribution is -0.120. The highest BCUT2D eigenvalue weighted by molar-refractivity contribution is 5.77. The Bertz CT molecular complexity index is 305. The highest BCUT2D eigenvalue weighted by atomic mass is 16.1. The highest BCUT2D eigenvalue weighted by Gasteiger charge is 2.13. The molecule has 0 aliphatic heterocycles. The molecule has 72 valence electrons. The lowest BCUT2D eigenvalue weighted by Crippen LogP contribution is -2.24. The molecule has 1 aromatic heterocycles. The Labute approximate surface area is 76.9 Å². The molecule has 0 aliphatic rings. The zero-order valence-corrected chi connectivity index (χ0v) is 8.06. The molecule has 0 aromatic carbocycles. The van der Waals surface area contributed by atoms with E-state index >= 15 is 0 Å². The average Bonchev–Trinajstić information content (AvgIpc) is 2.50. The normalized spacial score (nSPS) is 13.2. The quantitative estimate of drug-likeness (QED) is 0.737. The van der Waals surface area contributed by atoms with Crippen molar-refractivity contribution in [2.24, 2.45) is 5.73 Å². The summed E-state index contributed by atoms with van der Waals surface area (Å²) < 4.78 is 1.48. The van der Waals surface area contributed by atoms with E-state index in [2.05, 4.69) is 10.1 Å². The summed E-state index contributed by atoms with van der Waals surface area (Å²) in [6, 6.07) is -0.431. The lowest BCUT2D eigenvalue weighted by Gasteiger charge is -2.05. The zero-order chi connectivity index (χ0) is 10.0. The molecule has 13 heavy (non-hydrogen) atoms. The van der Waals surface area contributed by atoms with Crippen molar-refractivity contribution >= 4 is 5.91 Å². The maximum absolute atomic E-state index is 10.8. The van der Waals surface area contributed by atoms with Gasteiger partial charge in [0.05, 0.1) is 0 Å². The van der Waals surface area contributed by atoms with Gasteiger partial charge in [0.15, 0.2) is 5.82 Å². The Hall–Kier alpha value is -1.39. The van der Waals surface area contributed by atoms with Crippen LogP contribution in [-0.2, 0) is 4.79 Å². The maximum Gasteiger partial charge on any atom is 0.242 e. The van der Waals surface area contributed by atoms with Crippen LogP contribution in [0.2, 0.25) is 0 Å². The third-order valence-electron chi connectivity index (χ3n) is 1.85. The second-order valence-electron chi connectivity index (χ2n) is 3.32. The fourth-order valence-electron chi connectivity index (χ4n) is 0.870. The number of aromatic nitrogens is 3. The van der Waals surface area contributed by atoms with Gasteiger partial charge in [-0.3, -0.25) is 4.79 Å². The van der Waals surface area contributed by atoms with Crippen LogP contribution in [0.4, 0.5) is 0 Å². The van der Waals surface area contributed by atoms with Crippen LogP contribution in [0.5, 0.6) is 0 Å². The van der Waals surface area contributed by atoms with Crippen molar-refractivity contribution in [3.8, 4) is 0 Å². The molecule has 1 aromatic rings. The molecule has 1 atom stereocenters. The molecule has 0 fully saturated rings. The van der Waals surface area contributed by atoms with Crippen molar-refractivity contribution < 1.29 is 4.79 Å². The smallest absolute Gasteiger partial charge is 0.242 e. The van der Waals surface area contributed by atoms with E-state index in [0.717, 1.165) is 5.82 Å². The second kappa shape index (κ2) is 3.55. The molecule has 5 heteroatoms. The summed E-state index contributed by atoms with van der Waals surface area (Å²) >= 11 is 0. The summed E-state index contributed by atoms with van der Waals surface area (Å²) in [6.07, 6.45) is 1.53. The Balaban J connectivity index is 2.85. The molecule has 5 nitrogen and oxygen atoms in total. The van der Waals surface area contributed by atoms with Gasteiger partial charge in [0, 0.05) is 5.92 Å². The number of nitrogens with two attached hydrogens (primary N) is 1. The molecule has 1 rings (SSSR count). The predicted molar refractivity (Wildman–Crippen MR) is 48.0 cm³/mol. The molecule has 0 bridgehead atoms. The molecule has 0 radical (unpaired) electrons. The number of carbonyl (C=O) groups is 1. The van der Waals surface area contributed by atoms with E-state index in [1.54, 1.807) is 6.92 Å². The van der Waals surface area contributed by atoms with E-state index in [9.17, 15) is 4.79 Å². The van der Waals surface area contributed by atoms with Crippen LogP contribution in [0.1, 0.15) is 38.6 Å². The van der Waals surface area contributed by atoms with E-state index in [4.69, 9.17) is 5.73 Å². The van der Waals surface area contributed by atoms with Crippen molar-refractivity contribution in [3.63, 3.8) is 0 Å². The maximum atomic E-state index is 10.8. The van der Waals surface area contributed by atoms with Gasteiger partial charge in [0.1, 0.15) is 12.4 Å². The number of amides is 1. The van der Waals surface area contributed by atoms with Crippen LogP contribution < -0.4 is 5.73 Å². The number of hydrogen-bond donors (Lipinski definition) is 1. The first-order valence-electron chi connectivity index (χ1n) is 4.22. The minimum Gasteiger partial charge on any atom is -0.368 e. The topological polar surface area (TPSA) is 73.8 Å². The van der Waals surface area contributed by atoms with Crippen LogP contribution >= 0.6 is 0 Å². The number of carbonyl (C=O) groups excluding carboxylic acids is 1. The molecule has 1 unspecified atom stereocenters. The SMILES string of the molecule is CC(C)c1ncn(C(C)C(N)=O)n1. The number of hydrogen-bond acceptors (Lipinski definition) is 3. The first kappa shape index (κ1) is 9.70. The first-order chi connectivity index (χ1) is 6.02. The van der Waals surface area contributed by atoms with Gasteiger partial charge in [-0.25, -0.2) is 9.67 Å². The Morgan fingerprint density at radius 1 is 1.54 bits per heavy atom. The minimum atomic E-state index is -0.431. The van der Waals surface area contributed by atoms with Gasteiger partial charge in [-0.1, -0.05) is 13.8 Å². The van der Waals surface area contributed by atoms with Crippen LogP contribution in [0.25, 0.3) is 0 Å². The largest absolute Gasteiger partial charge is 0.368 e. The van der Waals surface area contributed by atoms with Crippen molar-refractivity contribution in [1.29, 1.82) is 0 Å². The summed E-state index contributed by atoms with van der Waals surface area (Å²) in [5.74, 6) is 0.592. The fraction of sp³-hybridized carbons (Fsp3) is 0.625. The molecule has 1 heterocycles. The highest BCUT2D eigenvalue weighted by Crippen LogP contribution is 2.09. The monoisotopic (exact) mass is 182 g/mol. The van der Waals surface area contributed by atoms with Crippen molar-refractivity contribution in [2.45, 2.75) is 32.7 Å². The molecule has 0 spiro atoms. The molecule has 1 amide bonds. The minimum absolute atomic E-state index is 0.265. The number of primary amides is 1. The summed E-state index contributed by atoms with van der Waals surface area (Å²) in [7, 11) is 0. The van der Waals surface area contributed by atoms with Crippen molar-refractivity contribution in [1.82, 2.24) is 14.8 Å². The first-order valence-corrected chi connectivity index (χ1v) is 4.22. The van der Waals surface area contributed by atoms with E-state index in [1.807, 2.05) is 13.8 Å². The number of nitrogens with zero attached hydrogens (tertiary/aromatic N) is 3. The zero-order valence-electron chi connectivity index (χ0n) is 8.06. The fourth-order valence-corrected chi connectivity index (χ4v) is 0.870. The molecule has 0 saturated carbocycles. The molecule has 2 N–H and O–H groups in total. The van der Waals surface area contributed by atoms with Crippen molar-refractivity contribution in [3.05, 3.63) is 12.2 Å². The Kier molecular flexibility index (Phi) is 2.65. The average molecular weight is 182 g/mol. The second-order valence-corrected chi connectivity index (χ2v) is 3.32. The van der Waals surface area contributed by atoms with E-state index in [0.29, 0.717) is 0 Å². The Morgan fingerprint density at radius 3 is 2.54 bits per heavy atom. The summed E-state index contributed by atoms with van der Waals surface area (Å²) in [5.41, 5.74) is 5.13. The molecular formula is C8H14N4O. The van der Waals surface area contributed by atoms with E-state index < -0.39 is 11.9 Å². The lowest BCUT2D eigenvalue weighted by atomic mass is 10.2.